The van der Waals surface area contributed by atoms with Gasteiger partial charge in [-0.15, -0.1) is 22.7 Å². The molecule has 0 aromatic carbocycles. The van der Waals surface area contributed by atoms with Gasteiger partial charge in [-0.25, -0.2) is 39.5 Å². The van der Waals surface area contributed by atoms with Crippen molar-refractivity contribution in [1.82, 2.24) is 40.5 Å². The largest absolute Gasteiger partial charge is 0.444 e. The summed E-state index contributed by atoms with van der Waals surface area (Å²) in [7, 11) is 0. The zero-order valence-corrected chi connectivity index (χ0v) is 37.9. The number of hydrogen-bond donors (Lipinski definition) is 6. The molecule has 0 saturated heterocycles. The summed E-state index contributed by atoms with van der Waals surface area (Å²) in [5, 5.41) is 17.2. The first-order valence-corrected chi connectivity index (χ1v) is 22.3. The predicted octanol–water partition coefficient (Wildman–Crippen LogP) is 9.07. The molecule has 0 atom stereocenters. The quantitative estimate of drug-likeness (QED) is 0.0515. The molecular formula is C40H61ClN12O4S2. The van der Waals surface area contributed by atoms with Crippen LogP contribution < -0.4 is 32.3 Å². The Hall–Kier alpha value is -4.39. The molecule has 4 aromatic heterocycles. The van der Waals surface area contributed by atoms with Crippen LogP contribution in [0.4, 0.5) is 37.3 Å². The number of nitrogens with zero attached hydrogens (tertiary/aromatic N) is 6. The second-order valence-electron chi connectivity index (χ2n) is 16.0. The average Bonchev–Trinajstić information content (AvgIpc) is 3.75. The number of alkyl carbamates (subject to hydrolysis) is 2. The van der Waals surface area contributed by atoms with E-state index in [1.165, 1.54) is 48.3 Å². The number of anilines is 5. The van der Waals surface area contributed by atoms with Crippen LogP contribution in [0.5, 0.6) is 0 Å². The van der Waals surface area contributed by atoms with Gasteiger partial charge < -0.3 is 41.8 Å². The third-order valence-electron chi connectivity index (χ3n) is 8.59. The Labute approximate surface area is 361 Å². The van der Waals surface area contributed by atoms with Gasteiger partial charge in [0.15, 0.2) is 10.3 Å². The van der Waals surface area contributed by atoms with Gasteiger partial charge in [0.25, 0.3) is 0 Å². The van der Waals surface area contributed by atoms with Crippen molar-refractivity contribution in [3.63, 3.8) is 0 Å². The minimum absolute atomic E-state index is 0.414. The van der Waals surface area contributed by atoms with Crippen molar-refractivity contribution < 1.29 is 19.1 Å². The maximum Gasteiger partial charge on any atom is 0.407 e. The molecule has 2 saturated carbocycles. The molecule has 19 heteroatoms. The molecule has 2 aliphatic carbocycles. The Bertz CT molecular complexity index is 1920. The van der Waals surface area contributed by atoms with Crippen molar-refractivity contribution in [2.24, 2.45) is 5.73 Å². The van der Waals surface area contributed by atoms with Crippen molar-refractivity contribution >= 4 is 74.2 Å². The minimum atomic E-state index is -0.505. The summed E-state index contributed by atoms with van der Waals surface area (Å²) in [6, 6.07) is 3.59. The molecule has 0 unspecified atom stereocenters. The van der Waals surface area contributed by atoms with Gasteiger partial charge in [0.1, 0.15) is 45.5 Å². The van der Waals surface area contributed by atoms with E-state index in [1.807, 2.05) is 73.8 Å². The monoisotopic (exact) mass is 872 g/mol. The lowest BCUT2D eigenvalue weighted by Crippen LogP contribution is -2.35. The number of halogens is 1. The number of carbonyl (C=O) groups excluding carboxylic acids is 2. The Morgan fingerprint density at radius 3 is 1.61 bits per heavy atom. The number of nitrogens with two attached hydrogens (primary N) is 1. The molecule has 59 heavy (non-hydrogen) atoms. The summed E-state index contributed by atoms with van der Waals surface area (Å²) in [5.41, 5.74) is 4.23. The van der Waals surface area contributed by atoms with Crippen molar-refractivity contribution in [2.75, 3.05) is 42.1 Å². The summed E-state index contributed by atoms with van der Waals surface area (Å²) in [6.45, 7) is 16.8. The molecule has 0 aliphatic heterocycles. The highest BCUT2D eigenvalue weighted by atomic mass is 35.5. The highest BCUT2D eigenvalue weighted by Gasteiger charge is 2.23. The second kappa shape index (κ2) is 22.8. The third-order valence-corrected chi connectivity index (χ3v) is 10.9. The van der Waals surface area contributed by atoms with Gasteiger partial charge in [0.05, 0.1) is 0 Å². The molecule has 2 fully saturated rings. The molecule has 6 rings (SSSR count). The summed E-state index contributed by atoms with van der Waals surface area (Å²) in [6.07, 6.45) is 12.4. The van der Waals surface area contributed by atoms with Crippen LogP contribution >= 0.6 is 34.3 Å². The van der Waals surface area contributed by atoms with E-state index in [0.717, 1.165) is 34.8 Å². The molecule has 4 aromatic rings. The lowest BCUT2D eigenvalue weighted by atomic mass is 9.85. The zero-order valence-electron chi connectivity index (χ0n) is 35.5. The number of ether oxygens (including phenoxy) is 2. The van der Waals surface area contributed by atoms with Crippen molar-refractivity contribution in [1.29, 1.82) is 0 Å². The van der Waals surface area contributed by atoms with E-state index in [2.05, 4.69) is 56.5 Å². The first-order valence-electron chi connectivity index (χ1n) is 20.3. The Kier molecular flexibility index (Phi) is 18.3. The molecule has 0 spiro atoms. The van der Waals surface area contributed by atoms with Gasteiger partial charge in [-0.2, -0.15) is 0 Å². The number of thiazole rings is 2. The number of rotatable bonds is 14. The normalized spacial score (nSPS) is 13.9. The Morgan fingerprint density at radius 1 is 0.712 bits per heavy atom. The standard InChI is InChI=1S/C20H30N6O2S.C13H15ClN4S.C7H16N2O2/c1-5-15-24-16(21-9-10-22-19(27)28-20(2,3)4)11-17(25-15)26-18-23-12-14(29-18)13-7-6-8-13;1-2-11-16-10(14)6-12(17-11)18-13-15-7-9(19-13)8-4-3-5-8;1-7(2,3)11-6(10)9-5-4-8/h11-13H,5-10H2,1-4H3,(H,22,27)(H2,21,23,24,25,26);6-8H,2-5H2,1H3,(H,15,16,17,18);4-5,8H2,1-3H3,(H,9,10). The van der Waals surface area contributed by atoms with Gasteiger partial charge in [0, 0.05) is 73.3 Å². The molecular weight excluding hydrogens is 812 g/mol. The van der Waals surface area contributed by atoms with Gasteiger partial charge in [-0.05, 0) is 79.1 Å². The van der Waals surface area contributed by atoms with E-state index >= 15 is 0 Å². The van der Waals surface area contributed by atoms with Gasteiger partial charge in [-0.1, -0.05) is 38.3 Å². The second-order valence-corrected chi connectivity index (χ2v) is 18.5. The zero-order chi connectivity index (χ0) is 43.0. The lowest BCUT2D eigenvalue weighted by molar-refractivity contribution is 0.0518. The van der Waals surface area contributed by atoms with E-state index in [1.54, 1.807) is 28.7 Å². The van der Waals surface area contributed by atoms with Crippen LogP contribution in [0.25, 0.3) is 0 Å². The molecule has 7 N–H and O–H groups in total. The van der Waals surface area contributed by atoms with Crippen molar-refractivity contribution in [2.45, 2.75) is 130 Å². The summed E-state index contributed by atoms with van der Waals surface area (Å²) < 4.78 is 10.2. The topological polar surface area (TPSA) is 216 Å². The fourth-order valence-corrected chi connectivity index (χ4v) is 7.51. The molecule has 0 bridgehead atoms. The lowest BCUT2D eigenvalue weighted by Gasteiger charge is -2.23. The van der Waals surface area contributed by atoms with Crippen molar-refractivity contribution in [3.8, 4) is 0 Å². The molecule has 2 aliphatic rings. The maximum atomic E-state index is 11.7. The van der Waals surface area contributed by atoms with Crippen LogP contribution in [0.2, 0.25) is 5.15 Å². The number of carbonyl (C=O) groups is 2. The van der Waals surface area contributed by atoms with E-state index in [9.17, 15) is 9.59 Å². The average molecular weight is 874 g/mol. The van der Waals surface area contributed by atoms with E-state index in [-0.39, 0.29) is 0 Å². The fraction of sp³-hybridized carbons (Fsp3) is 0.600. The highest BCUT2D eigenvalue weighted by molar-refractivity contribution is 7.16. The molecule has 324 valence electrons. The molecule has 4 heterocycles. The number of aromatic nitrogens is 6. The number of hydrogen-bond acceptors (Lipinski definition) is 16. The number of amides is 2. The first kappa shape index (κ1) is 47.3. The summed E-state index contributed by atoms with van der Waals surface area (Å²) in [5.74, 6) is 5.02. The van der Waals surface area contributed by atoms with Crippen LogP contribution in [0.15, 0.2) is 24.5 Å². The molecule has 0 radical (unpaired) electrons. The van der Waals surface area contributed by atoms with Gasteiger partial charge >= 0.3 is 12.2 Å². The first-order chi connectivity index (χ1) is 28.0. The number of nitrogens with one attached hydrogen (secondary N) is 5. The van der Waals surface area contributed by atoms with Crippen LogP contribution in [0.3, 0.4) is 0 Å². The molecule has 2 amide bonds. The number of aryl methyl sites for hydroxylation is 2. The predicted molar refractivity (Wildman–Crippen MR) is 238 cm³/mol. The Morgan fingerprint density at radius 2 is 1.17 bits per heavy atom. The smallest absolute Gasteiger partial charge is 0.407 e. The van der Waals surface area contributed by atoms with Crippen LogP contribution in [0, 0.1) is 0 Å². The van der Waals surface area contributed by atoms with Crippen LogP contribution in [-0.4, -0.2) is 79.5 Å². The van der Waals surface area contributed by atoms with Gasteiger partial charge in [0.2, 0.25) is 0 Å². The van der Waals surface area contributed by atoms with Crippen LogP contribution in [-0.2, 0) is 22.3 Å². The fourth-order valence-electron chi connectivity index (χ4n) is 5.33. The summed E-state index contributed by atoms with van der Waals surface area (Å²) >= 11 is 9.37. The van der Waals surface area contributed by atoms with E-state index in [0.29, 0.717) is 60.6 Å². The minimum Gasteiger partial charge on any atom is -0.444 e. The maximum absolute atomic E-state index is 11.7. The Balaban J connectivity index is 0.000000219. The van der Waals surface area contributed by atoms with Crippen LogP contribution in [0.1, 0.15) is 127 Å². The highest BCUT2D eigenvalue weighted by Crippen LogP contribution is 2.41. The SMILES string of the molecule is CC(C)(C)OC(=O)NCCN.CCc1nc(Cl)cc(Nc2ncc(C3CCC3)s2)n1.CCc1nc(NCCNC(=O)OC(C)(C)C)cc(Nc2ncc(C3CCC3)s2)n1. The third kappa shape index (κ3) is 17.4. The van der Waals surface area contributed by atoms with Crippen molar-refractivity contribution in [3.05, 3.63) is 51.1 Å². The summed E-state index contributed by atoms with van der Waals surface area (Å²) in [4.78, 5) is 51.7. The molecule has 16 nitrogen and oxygen atoms in total. The van der Waals surface area contributed by atoms with Gasteiger partial charge in [-0.3, -0.25) is 0 Å². The van der Waals surface area contributed by atoms with E-state index < -0.39 is 23.4 Å². The van der Waals surface area contributed by atoms with E-state index in [4.69, 9.17) is 26.8 Å².